The van der Waals surface area contributed by atoms with Crippen LogP contribution in [0, 0.1) is 0 Å². The Labute approximate surface area is 140 Å². The lowest BCUT2D eigenvalue weighted by atomic mass is 10.1. The molecule has 0 N–H and O–H groups in total. The van der Waals surface area contributed by atoms with Gasteiger partial charge in [0.2, 0.25) is 0 Å². The molecule has 1 amide bonds. The number of hydrogen-bond donors (Lipinski definition) is 0. The van der Waals surface area contributed by atoms with E-state index in [9.17, 15) is 4.79 Å². The summed E-state index contributed by atoms with van der Waals surface area (Å²) in [6.45, 7) is 1.58. The average Bonchev–Trinajstić information content (AvgIpc) is 2.62. The van der Waals surface area contributed by atoms with E-state index in [2.05, 4.69) is 0 Å². The topological polar surface area (TPSA) is 38.8 Å². The summed E-state index contributed by atoms with van der Waals surface area (Å²) in [7, 11) is 1.64. The molecule has 2 aromatic rings. The molecule has 0 radical (unpaired) electrons. The highest BCUT2D eigenvalue weighted by Crippen LogP contribution is 2.26. The molecule has 120 valence electrons. The van der Waals surface area contributed by atoms with E-state index in [1.165, 1.54) is 0 Å². The normalized spacial score (nSPS) is 17.8. The molecule has 0 saturated carbocycles. The van der Waals surface area contributed by atoms with Gasteiger partial charge in [0.15, 0.2) is 0 Å². The van der Waals surface area contributed by atoms with Crippen molar-refractivity contribution in [1.29, 1.82) is 0 Å². The molecule has 5 heteroatoms. The van der Waals surface area contributed by atoms with Gasteiger partial charge in [-0.05, 0) is 29.8 Å². The van der Waals surface area contributed by atoms with Crippen molar-refractivity contribution in [3.8, 4) is 5.75 Å². The fourth-order valence-corrected chi connectivity index (χ4v) is 2.88. The zero-order chi connectivity index (χ0) is 16.2. The first-order valence-electron chi connectivity index (χ1n) is 7.48. The first-order valence-corrected chi connectivity index (χ1v) is 7.86. The maximum absolute atomic E-state index is 12.7. The van der Waals surface area contributed by atoms with Crippen LogP contribution in [0.25, 0.3) is 0 Å². The van der Waals surface area contributed by atoms with Crippen LogP contribution in [0.15, 0.2) is 48.5 Å². The summed E-state index contributed by atoms with van der Waals surface area (Å²) >= 11 is 6.13. The van der Waals surface area contributed by atoms with Gasteiger partial charge in [0.25, 0.3) is 5.91 Å². The third-order valence-electron chi connectivity index (χ3n) is 3.95. The van der Waals surface area contributed by atoms with E-state index in [1.807, 2.05) is 36.4 Å². The summed E-state index contributed by atoms with van der Waals surface area (Å²) in [5, 5.41) is 0.477. The summed E-state index contributed by atoms with van der Waals surface area (Å²) in [6, 6.07) is 14.8. The Morgan fingerprint density at radius 2 is 1.96 bits per heavy atom. The molecule has 0 bridgehead atoms. The monoisotopic (exact) mass is 331 g/mol. The fraction of sp³-hybridized carbons (Fsp3) is 0.278. The molecule has 0 aromatic heterocycles. The highest BCUT2D eigenvalue weighted by atomic mass is 35.5. The van der Waals surface area contributed by atoms with Crippen LogP contribution >= 0.6 is 11.6 Å². The first-order chi connectivity index (χ1) is 11.2. The number of morpholine rings is 1. The lowest BCUT2D eigenvalue weighted by Crippen LogP contribution is -2.42. The summed E-state index contributed by atoms with van der Waals surface area (Å²) in [5.74, 6) is 0.742. The van der Waals surface area contributed by atoms with Crippen LogP contribution in [0.1, 0.15) is 22.0 Å². The van der Waals surface area contributed by atoms with E-state index >= 15 is 0 Å². The van der Waals surface area contributed by atoms with Crippen LogP contribution in [0.2, 0.25) is 5.02 Å². The SMILES string of the molecule is COc1ccc(C2CN(C(=O)c3ccccc3Cl)CCO2)cc1. The summed E-state index contributed by atoms with van der Waals surface area (Å²) in [6.07, 6.45) is -0.138. The number of hydrogen-bond acceptors (Lipinski definition) is 3. The van der Waals surface area contributed by atoms with Crippen molar-refractivity contribution in [3.05, 3.63) is 64.7 Å². The molecular weight excluding hydrogens is 314 g/mol. The molecule has 2 aromatic carbocycles. The van der Waals surface area contributed by atoms with Gasteiger partial charge in [0, 0.05) is 6.54 Å². The van der Waals surface area contributed by atoms with Gasteiger partial charge in [-0.2, -0.15) is 0 Å². The molecule has 23 heavy (non-hydrogen) atoms. The molecule has 3 rings (SSSR count). The Hall–Kier alpha value is -2.04. The van der Waals surface area contributed by atoms with Gasteiger partial charge in [0.05, 0.1) is 30.8 Å². The molecular formula is C18H18ClNO3. The van der Waals surface area contributed by atoms with E-state index in [0.717, 1.165) is 11.3 Å². The molecule has 4 nitrogen and oxygen atoms in total. The minimum Gasteiger partial charge on any atom is -0.497 e. The molecule has 0 aliphatic carbocycles. The minimum absolute atomic E-state index is 0.0580. The molecule has 0 spiro atoms. The Bertz CT molecular complexity index is 687. The highest BCUT2D eigenvalue weighted by molar-refractivity contribution is 6.33. The molecule has 1 aliphatic rings. The average molecular weight is 332 g/mol. The van der Waals surface area contributed by atoms with Gasteiger partial charge in [-0.15, -0.1) is 0 Å². The largest absolute Gasteiger partial charge is 0.497 e. The highest BCUT2D eigenvalue weighted by Gasteiger charge is 2.27. The van der Waals surface area contributed by atoms with Crippen LogP contribution in [0.4, 0.5) is 0 Å². The summed E-state index contributed by atoms with van der Waals surface area (Å²) < 4.78 is 11.0. The Balaban J connectivity index is 1.75. The molecule has 1 saturated heterocycles. The predicted octanol–water partition coefficient (Wildman–Crippen LogP) is 3.56. The maximum atomic E-state index is 12.7. The Morgan fingerprint density at radius 1 is 1.22 bits per heavy atom. The van der Waals surface area contributed by atoms with Gasteiger partial charge in [-0.25, -0.2) is 0 Å². The number of carbonyl (C=O) groups excluding carboxylic acids is 1. The predicted molar refractivity (Wildman–Crippen MR) is 89.0 cm³/mol. The van der Waals surface area contributed by atoms with Crippen LogP contribution < -0.4 is 4.74 Å². The van der Waals surface area contributed by atoms with E-state index in [0.29, 0.717) is 30.3 Å². The van der Waals surface area contributed by atoms with Crippen LogP contribution in [0.3, 0.4) is 0 Å². The van der Waals surface area contributed by atoms with Crippen molar-refractivity contribution in [2.75, 3.05) is 26.8 Å². The summed E-state index contributed by atoms with van der Waals surface area (Å²) in [5.41, 5.74) is 1.56. The van der Waals surface area contributed by atoms with E-state index < -0.39 is 0 Å². The van der Waals surface area contributed by atoms with Crippen molar-refractivity contribution in [2.45, 2.75) is 6.10 Å². The smallest absolute Gasteiger partial charge is 0.255 e. The van der Waals surface area contributed by atoms with Crippen molar-refractivity contribution in [2.24, 2.45) is 0 Å². The number of benzene rings is 2. The van der Waals surface area contributed by atoms with Gasteiger partial charge in [-0.1, -0.05) is 35.9 Å². The van der Waals surface area contributed by atoms with Gasteiger partial charge in [-0.3, -0.25) is 4.79 Å². The number of methoxy groups -OCH3 is 1. The number of halogens is 1. The molecule has 1 atom stereocenters. The zero-order valence-electron chi connectivity index (χ0n) is 12.9. The standard InChI is InChI=1S/C18H18ClNO3/c1-22-14-8-6-13(7-9-14)17-12-20(10-11-23-17)18(21)15-4-2-3-5-16(15)19/h2-9,17H,10-12H2,1H3. The second kappa shape index (κ2) is 7.02. The van der Waals surface area contributed by atoms with E-state index in [-0.39, 0.29) is 12.0 Å². The summed E-state index contributed by atoms with van der Waals surface area (Å²) in [4.78, 5) is 14.5. The van der Waals surface area contributed by atoms with Crippen molar-refractivity contribution >= 4 is 17.5 Å². The van der Waals surface area contributed by atoms with Crippen molar-refractivity contribution in [3.63, 3.8) is 0 Å². The third-order valence-corrected chi connectivity index (χ3v) is 4.28. The Kier molecular flexibility index (Phi) is 4.84. The molecule has 1 fully saturated rings. The molecule has 1 heterocycles. The Morgan fingerprint density at radius 3 is 2.65 bits per heavy atom. The second-order valence-electron chi connectivity index (χ2n) is 5.36. The lowest BCUT2D eigenvalue weighted by molar-refractivity contribution is -0.0228. The fourth-order valence-electron chi connectivity index (χ4n) is 2.66. The van der Waals surface area contributed by atoms with Crippen LogP contribution in [-0.2, 0) is 4.74 Å². The lowest BCUT2D eigenvalue weighted by Gasteiger charge is -2.33. The van der Waals surface area contributed by atoms with Crippen LogP contribution in [0.5, 0.6) is 5.75 Å². The molecule has 1 aliphatic heterocycles. The molecule has 1 unspecified atom stereocenters. The van der Waals surface area contributed by atoms with E-state index in [4.69, 9.17) is 21.1 Å². The van der Waals surface area contributed by atoms with Crippen molar-refractivity contribution < 1.29 is 14.3 Å². The number of amides is 1. The number of rotatable bonds is 3. The number of nitrogens with zero attached hydrogens (tertiary/aromatic N) is 1. The minimum atomic E-state index is -0.138. The zero-order valence-corrected chi connectivity index (χ0v) is 13.6. The quantitative estimate of drug-likeness (QED) is 0.863. The van der Waals surface area contributed by atoms with Gasteiger partial charge < -0.3 is 14.4 Å². The van der Waals surface area contributed by atoms with Gasteiger partial charge >= 0.3 is 0 Å². The number of carbonyl (C=O) groups is 1. The second-order valence-corrected chi connectivity index (χ2v) is 5.77. The van der Waals surface area contributed by atoms with E-state index in [1.54, 1.807) is 24.1 Å². The van der Waals surface area contributed by atoms with Crippen LogP contribution in [-0.4, -0.2) is 37.6 Å². The van der Waals surface area contributed by atoms with Crippen molar-refractivity contribution in [1.82, 2.24) is 4.90 Å². The van der Waals surface area contributed by atoms with Gasteiger partial charge in [0.1, 0.15) is 11.9 Å². The third kappa shape index (κ3) is 3.49. The maximum Gasteiger partial charge on any atom is 0.255 e. The number of ether oxygens (including phenoxy) is 2. The first kappa shape index (κ1) is 15.8.